The Morgan fingerprint density at radius 3 is 2.46 bits per heavy atom. The highest BCUT2D eigenvalue weighted by Gasteiger charge is 2.31. The predicted molar refractivity (Wildman–Crippen MR) is 42.5 cm³/mol. The molecule has 0 heterocycles. The lowest BCUT2D eigenvalue weighted by Gasteiger charge is -2.03. The van der Waals surface area contributed by atoms with Crippen molar-refractivity contribution in [2.45, 2.75) is 6.04 Å². The van der Waals surface area contributed by atoms with Crippen molar-refractivity contribution in [2.24, 2.45) is 5.73 Å². The van der Waals surface area contributed by atoms with E-state index in [2.05, 4.69) is 0 Å². The molecule has 0 aliphatic heterocycles. The lowest BCUT2D eigenvalue weighted by molar-refractivity contribution is 0.548. The molecule has 1 aromatic rings. The van der Waals surface area contributed by atoms with Crippen LogP contribution in [0.15, 0.2) is 24.0 Å². The zero-order chi connectivity index (χ0) is 9.59. The molecule has 1 aliphatic carbocycles. The molecule has 0 spiro atoms. The average Bonchev–Trinajstić information content (AvgIpc) is 2.33. The number of hydrogen-bond acceptors (Lipinski definition) is 1. The highest BCUT2D eigenvalue weighted by molar-refractivity contribution is 5.72. The first-order chi connectivity index (χ1) is 6.13. The van der Waals surface area contributed by atoms with Crippen LogP contribution in [0.2, 0.25) is 0 Å². The molecule has 68 valence electrons. The summed E-state index contributed by atoms with van der Waals surface area (Å²) in [6.45, 7) is 0. The minimum absolute atomic E-state index is 0.162. The van der Waals surface area contributed by atoms with E-state index in [-0.39, 0.29) is 11.1 Å². The Labute approximate surface area is 72.7 Å². The number of halogens is 3. The van der Waals surface area contributed by atoms with Gasteiger partial charge in [0.25, 0.3) is 0 Å². The first-order valence-electron chi connectivity index (χ1n) is 3.72. The van der Waals surface area contributed by atoms with Crippen LogP contribution in [0.3, 0.4) is 0 Å². The van der Waals surface area contributed by atoms with E-state index in [0.29, 0.717) is 0 Å². The largest absolute Gasteiger partial charge is 0.318 e. The third kappa shape index (κ3) is 0.986. The maximum Gasteiger partial charge on any atom is 0.167 e. The summed E-state index contributed by atoms with van der Waals surface area (Å²) in [5.74, 6) is -3.06. The van der Waals surface area contributed by atoms with Crippen LogP contribution in [0.5, 0.6) is 0 Å². The molecule has 0 fully saturated rings. The first-order valence-corrected chi connectivity index (χ1v) is 3.72. The molecular formula is C9H6F3N. The highest BCUT2D eigenvalue weighted by atomic mass is 19.2. The van der Waals surface area contributed by atoms with Crippen molar-refractivity contribution >= 4 is 5.83 Å². The van der Waals surface area contributed by atoms with Gasteiger partial charge in [-0.3, -0.25) is 0 Å². The van der Waals surface area contributed by atoms with Gasteiger partial charge in [0.1, 0.15) is 5.82 Å². The normalized spacial score (nSPS) is 20.8. The molecule has 0 aromatic heterocycles. The van der Waals surface area contributed by atoms with E-state index >= 15 is 0 Å². The Kier molecular flexibility index (Phi) is 1.66. The Hall–Kier alpha value is -1.29. The maximum absolute atomic E-state index is 13.0. The summed E-state index contributed by atoms with van der Waals surface area (Å²) in [6.07, 6.45) is 0. The third-order valence-corrected chi connectivity index (χ3v) is 2.08. The van der Waals surface area contributed by atoms with E-state index in [1.165, 1.54) is 12.1 Å². The molecule has 0 bridgehead atoms. The van der Waals surface area contributed by atoms with Gasteiger partial charge in [-0.2, -0.15) is 0 Å². The second-order valence-electron chi connectivity index (χ2n) is 2.84. The molecule has 0 amide bonds. The van der Waals surface area contributed by atoms with Crippen molar-refractivity contribution < 1.29 is 13.2 Å². The van der Waals surface area contributed by atoms with Gasteiger partial charge < -0.3 is 5.73 Å². The fourth-order valence-electron chi connectivity index (χ4n) is 1.42. The molecule has 0 saturated heterocycles. The summed E-state index contributed by atoms with van der Waals surface area (Å²) >= 11 is 0. The van der Waals surface area contributed by atoms with E-state index < -0.39 is 23.5 Å². The van der Waals surface area contributed by atoms with Gasteiger partial charge in [-0.25, -0.2) is 13.2 Å². The molecular weight excluding hydrogens is 179 g/mol. The Balaban J connectivity index is 2.72. The molecule has 0 radical (unpaired) electrons. The lowest BCUT2D eigenvalue weighted by Crippen LogP contribution is -2.07. The van der Waals surface area contributed by atoms with Crippen molar-refractivity contribution in [2.75, 3.05) is 0 Å². The summed E-state index contributed by atoms with van der Waals surface area (Å²) in [4.78, 5) is 0. The molecule has 1 aromatic carbocycles. The van der Waals surface area contributed by atoms with Gasteiger partial charge in [-0.15, -0.1) is 0 Å². The standard InChI is InChI=1S/C9H6F3N/c10-5-3-1-2-4-6(5)7(11)8(12)9(4)13/h1-3,9H,13H2. The van der Waals surface area contributed by atoms with E-state index in [1.807, 2.05) is 0 Å². The molecule has 2 rings (SSSR count). The number of benzene rings is 1. The summed E-state index contributed by atoms with van der Waals surface area (Å²) in [5.41, 5.74) is 5.13. The maximum atomic E-state index is 13.0. The van der Waals surface area contributed by atoms with Crippen LogP contribution in [0, 0.1) is 5.82 Å². The van der Waals surface area contributed by atoms with Crippen molar-refractivity contribution in [1.29, 1.82) is 0 Å². The smallest absolute Gasteiger partial charge is 0.167 e. The van der Waals surface area contributed by atoms with Crippen LogP contribution in [-0.4, -0.2) is 0 Å². The van der Waals surface area contributed by atoms with Gasteiger partial charge in [0.15, 0.2) is 11.7 Å². The number of fused-ring (bicyclic) bond motifs is 1. The number of rotatable bonds is 0. The van der Waals surface area contributed by atoms with E-state index in [4.69, 9.17) is 5.73 Å². The van der Waals surface area contributed by atoms with E-state index in [0.717, 1.165) is 6.07 Å². The van der Waals surface area contributed by atoms with Crippen LogP contribution in [0.1, 0.15) is 17.2 Å². The fraction of sp³-hybridized carbons (Fsp3) is 0.111. The van der Waals surface area contributed by atoms with Crippen molar-refractivity contribution in [3.05, 3.63) is 41.0 Å². The van der Waals surface area contributed by atoms with Crippen LogP contribution in [-0.2, 0) is 0 Å². The predicted octanol–water partition coefficient (Wildman–Crippen LogP) is 2.45. The quantitative estimate of drug-likeness (QED) is 0.660. The van der Waals surface area contributed by atoms with Gasteiger partial charge in [-0.05, 0) is 11.6 Å². The number of nitrogens with two attached hydrogens (primary N) is 1. The van der Waals surface area contributed by atoms with E-state index in [1.54, 1.807) is 0 Å². The molecule has 1 atom stereocenters. The molecule has 13 heavy (non-hydrogen) atoms. The molecule has 1 aliphatic rings. The average molecular weight is 185 g/mol. The Morgan fingerprint density at radius 2 is 1.85 bits per heavy atom. The Bertz CT molecular complexity index is 398. The van der Waals surface area contributed by atoms with Gasteiger partial charge in [0.2, 0.25) is 0 Å². The molecule has 2 N–H and O–H groups in total. The zero-order valence-electron chi connectivity index (χ0n) is 6.52. The molecule has 1 nitrogen and oxygen atoms in total. The number of hydrogen-bond donors (Lipinski definition) is 1. The van der Waals surface area contributed by atoms with Crippen molar-refractivity contribution in [3.63, 3.8) is 0 Å². The molecule has 0 saturated carbocycles. The monoisotopic (exact) mass is 185 g/mol. The summed E-state index contributed by atoms with van der Waals surface area (Å²) in [5, 5.41) is 0. The summed E-state index contributed by atoms with van der Waals surface area (Å²) < 4.78 is 38.9. The van der Waals surface area contributed by atoms with E-state index in [9.17, 15) is 13.2 Å². The van der Waals surface area contributed by atoms with Crippen LogP contribution < -0.4 is 5.73 Å². The second-order valence-corrected chi connectivity index (χ2v) is 2.84. The van der Waals surface area contributed by atoms with Gasteiger partial charge >= 0.3 is 0 Å². The summed E-state index contributed by atoms with van der Waals surface area (Å²) in [6, 6.07) is 2.70. The van der Waals surface area contributed by atoms with Crippen LogP contribution in [0.25, 0.3) is 5.83 Å². The van der Waals surface area contributed by atoms with Gasteiger partial charge in [0, 0.05) is 0 Å². The first kappa shape index (κ1) is 8.31. The SMILES string of the molecule is NC1C(F)=C(F)c2c(F)cccc21. The van der Waals surface area contributed by atoms with Crippen molar-refractivity contribution in [3.8, 4) is 0 Å². The minimum atomic E-state index is -1.18. The van der Waals surface area contributed by atoms with Crippen LogP contribution >= 0.6 is 0 Å². The summed E-state index contributed by atoms with van der Waals surface area (Å²) in [7, 11) is 0. The molecule has 1 unspecified atom stereocenters. The van der Waals surface area contributed by atoms with Gasteiger partial charge in [-0.1, -0.05) is 12.1 Å². The Morgan fingerprint density at radius 1 is 1.15 bits per heavy atom. The van der Waals surface area contributed by atoms with Crippen molar-refractivity contribution in [1.82, 2.24) is 0 Å². The second kappa shape index (κ2) is 2.60. The third-order valence-electron chi connectivity index (χ3n) is 2.08. The van der Waals surface area contributed by atoms with Crippen LogP contribution in [0.4, 0.5) is 13.2 Å². The van der Waals surface area contributed by atoms with Gasteiger partial charge in [0.05, 0.1) is 11.6 Å². The lowest BCUT2D eigenvalue weighted by atomic mass is 10.1. The highest BCUT2D eigenvalue weighted by Crippen LogP contribution is 2.41. The molecule has 4 heteroatoms. The zero-order valence-corrected chi connectivity index (χ0v) is 6.52. The topological polar surface area (TPSA) is 26.0 Å². The minimum Gasteiger partial charge on any atom is -0.318 e. The fourth-order valence-corrected chi connectivity index (χ4v) is 1.42.